The largest absolute Gasteiger partial charge is 0.393 e. The fraction of sp³-hybridized carbons (Fsp3) is 0.769. The average Bonchev–Trinajstić information content (AvgIpc) is 2.34. The molecule has 1 fully saturated rings. The molecule has 0 aliphatic carbocycles. The molecule has 4 heteroatoms. The van der Waals surface area contributed by atoms with Crippen LogP contribution in [0.4, 0.5) is 4.79 Å². The quantitative estimate of drug-likeness (QED) is 0.581. The summed E-state index contributed by atoms with van der Waals surface area (Å²) in [6.45, 7) is 6.01. The molecule has 0 aromatic rings. The SMILES string of the molecule is CC=CCCNC(=O)N1CCC(C(C)O)CC1. The van der Waals surface area contributed by atoms with Crippen LogP contribution in [0.3, 0.4) is 0 Å². The highest BCUT2D eigenvalue weighted by Gasteiger charge is 2.24. The Hall–Kier alpha value is -1.03. The number of hydrogen-bond donors (Lipinski definition) is 2. The Bertz CT molecular complexity index is 256. The molecule has 0 radical (unpaired) electrons. The van der Waals surface area contributed by atoms with Gasteiger partial charge in [0.1, 0.15) is 0 Å². The highest BCUT2D eigenvalue weighted by Crippen LogP contribution is 2.20. The lowest BCUT2D eigenvalue weighted by Crippen LogP contribution is -2.45. The molecule has 1 unspecified atom stereocenters. The third-order valence-corrected chi connectivity index (χ3v) is 3.33. The highest BCUT2D eigenvalue weighted by molar-refractivity contribution is 5.74. The van der Waals surface area contributed by atoms with Crippen molar-refractivity contribution >= 4 is 6.03 Å². The summed E-state index contributed by atoms with van der Waals surface area (Å²) in [6.07, 6.45) is 6.46. The molecule has 2 N–H and O–H groups in total. The number of carbonyl (C=O) groups excluding carboxylic acids is 1. The van der Waals surface area contributed by atoms with E-state index in [-0.39, 0.29) is 12.1 Å². The third kappa shape index (κ3) is 4.77. The molecule has 4 nitrogen and oxygen atoms in total. The van der Waals surface area contributed by atoms with Gasteiger partial charge in [0, 0.05) is 19.6 Å². The van der Waals surface area contributed by atoms with Crippen LogP contribution in [0.15, 0.2) is 12.2 Å². The number of rotatable bonds is 4. The van der Waals surface area contributed by atoms with Crippen LogP contribution in [0.1, 0.15) is 33.1 Å². The number of urea groups is 1. The number of nitrogens with zero attached hydrogens (tertiary/aromatic N) is 1. The van der Waals surface area contributed by atoms with Crippen molar-refractivity contribution in [1.29, 1.82) is 0 Å². The van der Waals surface area contributed by atoms with Gasteiger partial charge in [0.25, 0.3) is 0 Å². The van der Waals surface area contributed by atoms with Gasteiger partial charge in [0.15, 0.2) is 0 Å². The number of carbonyl (C=O) groups is 1. The lowest BCUT2D eigenvalue weighted by Gasteiger charge is -2.33. The average molecular weight is 240 g/mol. The molecule has 1 rings (SSSR count). The van der Waals surface area contributed by atoms with Crippen LogP contribution >= 0.6 is 0 Å². The Morgan fingerprint density at radius 1 is 1.53 bits per heavy atom. The van der Waals surface area contributed by atoms with Crippen molar-refractivity contribution < 1.29 is 9.90 Å². The number of aliphatic hydroxyl groups excluding tert-OH is 1. The van der Waals surface area contributed by atoms with Gasteiger partial charge in [0.05, 0.1) is 6.10 Å². The van der Waals surface area contributed by atoms with Gasteiger partial charge in [-0.25, -0.2) is 4.79 Å². The maximum atomic E-state index is 11.8. The first kappa shape index (κ1) is 14.0. The lowest BCUT2D eigenvalue weighted by atomic mass is 9.92. The van der Waals surface area contributed by atoms with E-state index in [0.29, 0.717) is 12.5 Å². The molecule has 1 heterocycles. The van der Waals surface area contributed by atoms with Crippen LogP contribution in [0.2, 0.25) is 0 Å². The molecule has 98 valence electrons. The number of likely N-dealkylation sites (tertiary alicyclic amines) is 1. The Morgan fingerprint density at radius 3 is 2.71 bits per heavy atom. The number of amides is 2. The van der Waals surface area contributed by atoms with Crippen molar-refractivity contribution in [2.24, 2.45) is 5.92 Å². The molecule has 0 spiro atoms. The van der Waals surface area contributed by atoms with Crippen molar-refractivity contribution in [2.75, 3.05) is 19.6 Å². The fourth-order valence-corrected chi connectivity index (χ4v) is 2.13. The van der Waals surface area contributed by atoms with Crippen LogP contribution in [0.5, 0.6) is 0 Å². The van der Waals surface area contributed by atoms with Crippen molar-refractivity contribution in [1.82, 2.24) is 10.2 Å². The van der Waals surface area contributed by atoms with E-state index in [4.69, 9.17) is 0 Å². The Labute approximate surface area is 104 Å². The lowest BCUT2D eigenvalue weighted by molar-refractivity contribution is 0.0799. The molecule has 2 amide bonds. The maximum Gasteiger partial charge on any atom is 0.317 e. The van der Waals surface area contributed by atoms with E-state index < -0.39 is 0 Å². The smallest absolute Gasteiger partial charge is 0.317 e. The van der Waals surface area contributed by atoms with E-state index in [0.717, 1.165) is 32.4 Å². The summed E-state index contributed by atoms with van der Waals surface area (Å²) in [4.78, 5) is 13.6. The molecule has 0 bridgehead atoms. The van der Waals surface area contributed by atoms with Crippen LogP contribution in [-0.2, 0) is 0 Å². The standard InChI is InChI=1S/C13H24N2O2/c1-3-4-5-8-14-13(17)15-9-6-12(7-10-15)11(2)16/h3-4,11-12,16H,5-10H2,1-2H3,(H,14,17). The van der Waals surface area contributed by atoms with Gasteiger partial charge in [-0.2, -0.15) is 0 Å². The Morgan fingerprint density at radius 2 is 2.18 bits per heavy atom. The fourth-order valence-electron chi connectivity index (χ4n) is 2.13. The molecule has 0 aromatic heterocycles. The molecule has 1 aliphatic heterocycles. The summed E-state index contributed by atoms with van der Waals surface area (Å²) >= 11 is 0. The molecule has 1 atom stereocenters. The molecule has 0 aromatic carbocycles. The van der Waals surface area contributed by atoms with Crippen molar-refractivity contribution in [3.8, 4) is 0 Å². The summed E-state index contributed by atoms with van der Waals surface area (Å²) < 4.78 is 0. The van der Waals surface area contributed by atoms with E-state index in [1.807, 2.05) is 30.9 Å². The van der Waals surface area contributed by atoms with Gasteiger partial charge in [-0.15, -0.1) is 0 Å². The molecule has 17 heavy (non-hydrogen) atoms. The summed E-state index contributed by atoms with van der Waals surface area (Å²) in [6, 6.07) is 0.0264. The highest BCUT2D eigenvalue weighted by atomic mass is 16.3. The van der Waals surface area contributed by atoms with Crippen molar-refractivity contribution in [2.45, 2.75) is 39.2 Å². The summed E-state index contributed by atoms with van der Waals surface area (Å²) in [5, 5.41) is 12.4. The maximum absolute atomic E-state index is 11.8. The van der Waals surface area contributed by atoms with Gasteiger partial charge in [0.2, 0.25) is 0 Å². The molecule has 1 aliphatic rings. The monoisotopic (exact) mass is 240 g/mol. The van der Waals surface area contributed by atoms with E-state index in [9.17, 15) is 9.90 Å². The van der Waals surface area contributed by atoms with Crippen molar-refractivity contribution in [3.63, 3.8) is 0 Å². The Kier molecular flexibility index (Phi) is 6.05. The summed E-state index contributed by atoms with van der Waals surface area (Å²) in [7, 11) is 0. The number of hydrogen-bond acceptors (Lipinski definition) is 2. The van der Waals surface area contributed by atoms with Gasteiger partial charge < -0.3 is 15.3 Å². The molecule has 1 saturated heterocycles. The molecular weight excluding hydrogens is 216 g/mol. The first-order valence-electron chi connectivity index (χ1n) is 6.47. The van der Waals surface area contributed by atoms with Crippen LogP contribution < -0.4 is 5.32 Å². The number of allylic oxidation sites excluding steroid dienone is 1. The minimum absolute atomic E-state index is 0.0264. The van der Waals surface area contributed by atoms with Crippen LogP contribution in [0.25, 0.3) is 0 Å². The Balaban J connectivity index is 2.21. The first-order valence-corrected chi connectivity index (χ1v) is 6.47. The number of piperidine rings is 1. The first-order chi connectivity index (χ1) is 8.15. The van der Waals surface area contributed by atoms with Gasteiger partial charge >= 0.3 is 6.03 Å². The summed E-state index contributed by atoms with van der Waals surface area (Å²) in [5.41, 5.74) is 0. The normalized spacial score (nSPS) is 19.6. The van der Waals surface area contributed by atoms with Gasteiger partial charge in [-0.1, -0.05) is 12.2 Å². The minimum Gasteiger partial charge on any atom is -0.393 e. The second-order valence-electron chi connectivity index (χ2n) is 4.65. The number of aliphatic hydroxyl groups is 1. The zero-order chi connectivity index (χ0) is 12.7. The predicted molar refractivity (Wildman–Crippen MR) is 68.8 cm³/mol. The van der Waals surface area contributed by atoms with E-state index >= 15 is 0 Å². The third-order valence-electron chi connectivity index (χ3n) is 3.33. The molecule has 0 saturated carbocycles. The zero-order valence-electron chi connectivity index (χ0n) is 10.9. The topological polar surface area (TPSA) is 52.6 Å². The second kappa shape index (κ2) is 7.33. The van der Waals surface area contributed by atoms with Gasteiger partial charge in [-0.3, -0.25) is 0 Å². The number of nitrogens with one attached hydrogen (secondary N) is 1. The van der Waals surface area contributed by atoms with Crippen molar-refractivity contribution in [3.05, 3.63) is 12.2 Å². The van der Waals surface area contributed by atoms with Crippen LogP contribution in [0, 0.1) is 5.92 Å². The summed E-state index contributed by atoms with van der Waals surface area (Å²) in [5.74, 6) is 0.349. The zero-order valence-corrected chi connectivity index (χ0v) is 10.9. The van der Waals surface area contributed by atoms with Crippen LogP contribution in [-0.4, -0.2) is 41.8 Å². The molecular formula is C13H24N2O2. The minimum atomic E-state index is -0.255. The van der Waals surface area contributed by atoms with E-state index in [1.165, 1.54) is 0 Å². The van der Waals surface area contributed by atoms with Gasteiger partial charge in [-0.05, 0) is 39.0 Å². The second-order valence-corrected chi connectivity index (χ2v) is 4.65. The van der Waals surface area contributed by atoms with E-state index in [1.54, 1.807) is 0 Å². The van der Waals surface area contributed by atoms with E-state index in [2.05, 4.69) is 5.32 Å². The predicted octanol–water partition coefficient (Wildman–Crippen LogP) is 1.76.